The number of nitrogens with one attached hydrogen (secondary N) is 1. The van der Waals surface area contributed by atoms with Crippen molar-refractivity contribution in [1.29, 1.82) is 0 Å². The molecule has 1 aromatic heterocycles. The lowest BCUT2D eigenvalue weighted by molar-refractivity contribution is -0.121. The van der Waals surface area contributed by atoms with E-state index >= 15 is 0 Å². The molecular weight excluding hydrogens is 527 g/mol. The molecule has 5 rings (SSSR count). The lowest BCUT2D eigenvalue weighted by Crippen LogP contribution is -2.33. The summed E-state index contributed by atoms with van der Waals surface area (Å²) in [6, 6.07) is 33.3. The Balaban J connectivity index is 1.46. The van der Waals surface area contributed by atoms with E-state index in [-0.39, 0.29) is 5.91 Å². The Bertz CT molecular complexity index is 1560. The van der Waals surface area contributed by atoms with Crippen LogP contribution < -0.4 is 10.2 Å². The van der Waals surface area contributed by atoms with Gasteiger partial charge in [0, 0.05) is 42.0 Å². The molecule has 1 amide bonds. The first kappa shape index (κ1) is 26.7. The van der Waals surface area contributed by atoms with Gasteiger partial charge in [0.1, 0.15) is 5.82 Å². The normalized spacial score (nSPS) is 10.9. The first-order valence-electron chi connectivity index (χ1n) is 12.9. The largest absolute Gasteiger partial charge is 0.355 e. The first-order valence-corrected chi connectivity index (χ1v) is 13.6. The summed E-state index contributed by atoms with van der Waals surface area (Å²) in [5.74, 6) is 1.25. The van der Waals surface area contributed by atoms with E-state index in [4.69, 9.17) is 33.2 Å². The molecule has 0 saturated heterocycles. The van der Waals surface area contributed by atoms with Crippen LogP contribution in [0.25, 0.3) is 22.3 Å². The van der Waals surface area contributed by atoms with Gasteiger partial charge in [0.2, 0.25) is 5.91 Å². The molecule has 0 radical (unpaired) electrons. The minimum atomic E-state index is -0.0173. The van der Waals surface area contributed by atoms with Crippen molar-refractivity contribution in [1.82, 2.24) is 15.3 Å². The molecule has 0 atom stereocenters. The SMILES string of the molecule is O=C(CCN(CCc1ccccc1)c1nc(-c2ccccc2Cl)nc2cc(Cl)ccc12)NCc1ccccc1. The van der Waals surface area contributed by atoms with Crippen LogP contribution in [0.2, 0.25) is 10.0 Å². The van der Waals surface area contributed by atoms with Crippen LogP contribution in [-0.2, 0) is 17.8 Å². The Labute approximate surface area is 238 Å². The van der Waals surface area contributed by atoms with Gasteiger partial charge in [-0.2, -0.15) is 0 Å². The third-order valence-electron chi connectivity index (χ3n) is 6.51. The number of halogens is 2. The van der Waals surface area contributed by atoms with Gasteiger partial charge in [-0.15, -0.1) is 0 Å². The number of hydrogen-bond acceptors (Lipinski definition) is 4. The predicted molar refractivity (Wildman–Crippen MR) is 160 cm³/mol. The molecule has 5 nitrogen and oxygen atoms in total. The van der Waals surface area contributed by atoms with Crippen molar-refractivity contribution in [2.45, 2.75) is 19.4 Å². The van der Waals surface area contributed by atoms with Crippen molar-refractivity contribution in [3.8, 4) is 11.4 Å². The molecule has 1 N–H and O–H groups in total. The predicted octanol–water partition coefficient (Wildman–Crippen LogP) is 7.36. The molecule has 39 heavy (non-hydrogen) atoms. The van der Waals surface area contributed by atoms with Crippen molar-refractivity contribution in [2.24, 2.45) is 0 Å². The number of carbonyl (C=O) groups excluding carboxylic acids is 1. The van der Waals surface area contributed by atoms with Gasteiger partial charge in [-0.3, -0.25) is 4.79 Å². The maximum absolute atomic E-state index is 12.9. The summed E-state index contributed by atoms with van der Waals surface area (Å²) in [7, 11) is 0. The number of amides is 1. The molecule has 5 aromatic rings. The van der Waals surface area contributed by atoms with Gasteiger partial charge in [0.05, 0.1) is 10.5 Å². The first-order chi connectivity index (χ1) is 19.1. The second-order valence-corrected chi connectivity index (χ2v) is 10.1. The highest BCUT2D eigenvalue weighted by Gasteiger charge is 2.18. The third-order valence-corrected chi connectivity index (χ3v) is 7.07. The molecule has 0 fully saturated rings. The Hall–Kier alpha value is -3.93. The van der Waals surface area contributed by atoms with Crippen molar-refractivity contribution in [3.63, 3.8) is 0 Å². The van der Waals surface area contributed by atoms with Crippen LogP contribution in [0.4, 0.5) is 5.82 Å². The highest BCUT2D eigenvalue weighted by Crippen LogP contribution is 2.32. The summed E-state index contributed by atoms with van der Waals surface area (Å²) in [6.07, 6.45) is 1.12. The van der Waals surface area contributed by atoms with Gasteiger partial charge in [0.15, 0.2) is 5.82 Å². The van der Waals surface area contributed by atoms with Gasteiger partial charge in [-0.1, -0.05) is 96.0 Å². The Morgan fingerprint density at radius 3 is 2.21 bits per heavy atom. The summed E-state index contributed by atoms with van der Waals surface area (Å²) < 4.78 is 0. The van der Waals surface area contributed by atoms with Crippen LogP contribution in [0.5, 0.6) is 0 Å². The molecular formula is C32H28Cl2N4O. The highest BCUT2D eigenvalue weighted by molar-refractivity contribution is 6.33. The maximum Gasteiger partial charge on any atom is 0.222 e. The zero-order chi connectivity index (χ0) is 27.0. The van der Waals surface area contributed by atoms with Gasteiger partial charge < -0.3 is 10.2 Å². The number of anilines is 1. The standard InChI is InChI=1S/C32H28Cl2N4O/c33-25-15-16-27-29(21-25)36-31(26-13-7-8-14-28(26)34)37-32(27)38(19-17-23-9-3-1-4-10-23)20-18-30(39)35-22-24-11-5-2-6-12-24/h1-16,21H,17-20,22H2,(H,35,39). The Kier molecular flexibility index (Phi) is 8.71. The molecule has 0 saturated carbocycles. The van der Waals surface area contributed by atoms with Crippen LogP contribution in [0, 0.1) is 0 Å². The van der Waals surface area contributed by atoms with Crippen molar-refractivity contribution >= 4 is 45.8 Å². The number of nitrogens with zero attached hydrogens (tertiary/aromatic N) is 3. The number of carbonyl (C=O) groups is 1. The van der Waals surface area contributed by atoms with E-state index in [9.17, 15) is 4.79 Å². The summed E-state index contributed by atoms with van der Waals surface area (Å²) >= 11 is 12.9. The van der Waals surface area contributed by atoms with E-state index in [2.05, 4.69) is 22.3 Å². The lowest BCUT2D eigenvalue weighted by atomic mass is 10.1. The zero-order valence-electron chi connectivity index (χ0n) is 21.4. The molecule has 0 spiro atoms. The fraction of sp³-hybridized carbons (Fsp3) is 0.156. The van der Waals surface area contributed by atoms with Gasteiger partial charge in [-0.05, 0) is 47.9 Å². The van der Waals surface area contributed by atoms with E-state index in [1.165, 1.54) is 5.56 Å². The van der Waals surface area contributed by atoms with E-state index in [1.54, 1.807) is 0 Å². The van der Waals surface area contributed by atoms with Crippen molar-refractivity contribution in [2.75, 3.05) is 18.0 Å². The number of benzene rings is 4. The average molecular weight is 556 g/mol. The minimum absolute atomic E-state index is 0.0173. The summed E-state index contributed by atoms with van der Waals surface area (Å²) in [4.78, 5) is 24.8. The van der Waals surface area contributed by atoms with Crippen molar-refractivity contribution in [3.05, 3.63) is 124 Å². The number of aromatic nitrogens is 2. The van der Waals surface area contributed by atoms with Gasteiger partial charge in [0.25, 0.3) is 0 Å². The van der Waals surface area contributed by atoms with E-state index in [0.29, 0.717) is 41.9 Å². The Morgan fingerprint density at radius 1 is 0.769 bits per heavy atom. The fourth-order valence-electron chi connectivity index (χ4n) is 4.44. The second-order valence-electron chi connectivity index (χ2n) is 9.25. The lowest BCUT2D eigenvalue weighted by Gasteiger charge is -2.26. The summed E-state index contributed by atoms with van der Waals surface area (Å²) in [6.45, 7) is 1.66. The highest BCUT2D eigenvalue weighted by atomic mass is 35.5. The molecule has 0 aliphatic heterocycles. The van der Waals surface area contributed by atoms with E-state index in [1.807, 2.05) is 91.0 Å². The maximum atomic E-state index is 12.9. The minimum Gasteiger partial charge on any atom is -0.355 e. The van der Waals surface area contributed by atoms with Gasteiger partial charge in [-0.25, -0.2) is 9.97 Å². The zero-order valence-corrected chi connectivity index (χ0v) is 22.9. The average Bonchev–Trinajstić information content (AvgIpc) is 2.97. The van der Waals surface area contributed by atoms with Crippen LogP contribution >= 0.6 is 23.2 Å². The number of rotatable bonds is 10. The van der Waals surface area contributed by atoms with Crippen LogP contribution in [0.15, 0.2) is 103 Å². The molecule has 0 aliphatic rings. The molecule has 0 aliphatic carbocycles. The van der Waals surface area contributed by atoms with Gasteiger partial charge >= 0.3 is 0 Å². The van der Waals surface area contributed by atoms with Crippen LogP contribution in [-0.4, -0.2) is 29.0 Å². The number of hydrogen-bond donors (Lipinski definition) is 1. The molecule has 0 unspecified atom stereocenters. The quantitative estimate of drug-likeness (QED) is 0.196. The smallest absolute Gasteiger partial charge is 0.222 e. The summed E-state index contributed by atoms with van der Waals surface area (Å²) in [5.41, 5.74) is 3.74. The molecule has 196 valence electrons. The van der Waals surface area contributed by atoms with Crippen LogP contribution in [0.3, 0.4) is 0 Å². The van der Waals surface area contributed by atoms with Crippen molar-refractivity contribution < 1.29 is 4.79 Å². The topological polar surface area (TPSA) is 58.1 Å². The fourth-order valence-corrected chi connectivity index (χ4v) is 4.83. The molecule has 7 heteroatoms. The van der Waals surface area contributed by atoms with E-state index < -0.39 is 0 Å². The number of fused-ring (bicyclic) bond motifs is 1. The summed E-state index contributed by atoms with van der Waals surface area (Å²) in [5, 5.41) is 5.07. The molecule has 4 aromatic carbocycles. The molecule has 1 heterocycles. The van der Waals surface area contributed by atoms with Crippen LogP contribution in [0.1, 0.15) is 17.5 Å². The van der Waals surface area contributed by atoms with E-state index in [0.717, 1.165) is 34.3 Å². The molecule has 0 bridgehead atoms. The second kappa shape index (κ2) is 12.7. The monoisotopic (exact) mass is 554 g/mol. The Morgan fingerprint density at radius 2 is 1.46 bits per heavy atom. The third kappa shape index (κ3) is 6.94.